The molecule has 1 unspecified atom stereocenters. The van der Waals surface area contributed by atoms with Gasteiger partial charge in [-0.05, 0) is 45.0 Å². The molecule has 4 rings (SSSR count). The van der Waals surface area contributed by atoms with Crippen LogP contribution < -0.4 is 10.1 Å². The Morgan fingerprint density at radius 2 is 1.88 bits per heavy atom. The Labute approximate surface area is 205 Å². The molecule has 0 aliphatic rings. The average Bonchev–Trinajstić information content (AvgIpc) is 3.37. The molecule has 0 aliphatic heterocycles. The Bertz CT molecular complexity index is 1240. The first kappa shape index (κ1) is 23.3. The fraction of sp³-hybridized carbons (Fsp3) is 0.217. The number of hydrogen-bond acceptors (Lipinski definition) is 7. The lowest BCUT2D eigenvalue weighted by Gasteiger charge is -2.17. The number of anilines is 1. The number of halogens is 1. The topological polar surface area (TPSA) is 81.9 Å². The van der Waals surface area contributed by atoms with Gasteiger partial charge >= 0.3 is 0 Å². The standard InChI is InChI=1S/C23H22ClN5O2S2/c1-14-16(3)33-22(25-14)26-20(30)13-32-23-28-27-21(29(23)17-9-5-4-6-10-17)15(2)31-19-12-8-7-11-18(19)24/h4-12,15H,13H2,1-3H3,(H,25,26,30). The predicted molar refractivity (Wildman–Crippen MR) is 133 cm³/mol. The maximum absolute atomic E-state index is 12.5. The maximum Gasteiger partial charge on any atom is 0.236 e. The van der Waals surface area contributed by atoms with E-state index in [2.05, 4.69) is 20.5 Å². The van der Waals surface area contributed by atoms with Crippen molar-refractivity contribution >= 4 is 45.7 Å². The zero-order valence-corrected chi connectivity index (χ0v) is 20.7. The van der Waals surface area contributed by atoms with Crippen LogP contribution in [0.25, 0.3) is 5.69 Å². The first-order valence-electron chi connectivity index (χ1n) is 10.2. The number of benzene rings is 2. The van der Waals surface area contributed by atoms with Crippen LogP contribution in [-0.4, -0.2) is 31.4 Å². The van der Waals surface area contributed by atoms with E-state index in [4.69, 9.17) is 16.3 Å². The summed E-state index contributed by atoms with van der Waals surface area (Å²) in [4.78, 5) is 18.0. The molecule has 2 heterocycles. The monoisotopic (exact) mass is 499 g/mol. The third kappa shape index (κ3) is 5.55. The van der Waals surface area contributed by atoms with Crippen LogP contribution in [0.4, 0.5) is 5.13 Å². The molecule has 7 nitrogen and oxygen atoms in total. The molecule has 0 bridgehead atoms. The molecule has 2 aromatic carbocycles. The smallest absolute Gasteiger partial charge is 0.236 e. The highest BCUT2D eigenvalue weighted by Gasteiger charge is 2.22. The highest BCUT2D eigenvalue weighted by Crippen LogP contribution is 2.31. The number of para-hydroxylation sites is 2. The average molecular weight is 500 g/mol. The third-order valence-corrected chi connectivity index (χ3v) is 7.01. The summed E-state index contributed by atoms with van der Waals surface area (Å²) in [7, 11) is 0. The number of aryl methyl sites for hydroxylation is 2. The number of thiazole rings is 1. The lowest BCUT2D eigenvalue weighted by atomic mass is 10.3. The lowest BCUT2D eigenvalue weighted by Crippen LogP contribution is -2.15. The second-order valence-corrected chi connectivity index (χ2v) is 9.75. The van der Waals surface area contributed by atoms with E-state index in [0.717, 1.165) is 16.3 Å². The SMILES string of the molecule is Cc1nc(NC(=O)CSc2nnc(C(C)Oc3ccccc3Cl)n2-c2ccccc2)sc1C. The lowest BCUT2D eigenvalue weighted by molar-refractivity contribution is -0.113. The Hall–Kier alpha value is -2.88. The molecule has 1 N–H and O–H groups in total. The van der Waals surface area contributed by atoms with Crippen molar-refractivity contribution in [2.75, 3.05) is 11.1 Å². The van der Waals surface area contributed by atoms with E-state index < -0.39 is 6.10 Å². The number of hydrogen-bond donors (Lipinski definition) is 1. The van der Waals surface area contributed by atoms with Crippen LogP contribution in [0.5, 0.6) is 5.75 Å². The summed E-state index contributed by atoms with van der Waals surface area (Å²) in [6, 6.07) is 17.0. The van der Waals surface area contributed by atoms with E-state index in [1.165, 1.54) is 23.1 Å². The van der Waals surface area contributed by atoms with Crippen LogP contribution in [-0.2, 0) is 4.79 Å². The fourth-order valence-electron chi connectivity index (χ4n) is 3.05. The van der Waals surface area contributed by atoms with Gasteiger partial charge in [0.15, 0.2) is 22.2 Å². The molecule has 0 aliphatic carbocycles. The molecular formula is C23H22ClN5O2S2. The van der Waals surface area contributed by atoms with Crippen molar-refractivity contribution in [1.82, 2.24) is 19.7 Å². The van der Waals surface area contributed by atoms with E-state index in [-0.39, 0.29) is 11.7 Å². The summed E-state index contributed by atoms with van der Waals surface area (Å²) in [5.74, 6) is 1.19. The normalized spacial score (nSPS) is 11.9. The second-order valence-electron chi connectivity index (χ2n) is 7.20. The minimum atomic E-state index is -0.429. The molecule has 33 heavy (non-hydrogen) atoms. The van der Waals surface area contributed by atoms with Crippen molar-refractivity contribution in [2.24, 2.45) is 0 Å². The molecule has 10 heteroatoms. The Morgan fingerprint density at radius 3 is 2.58 bits per heavy atom. The highest BCUT2D eigenvalue weighted by atomic mass is 35.5. The molecule has 0 saturated carbocycles. The molecule has 170 valence electrons. The van der Waals surface area contributed by atoms with Crippen molar-refractivity contribution in [1.29, 1.82) is 0 Å². The predicted octanol–water partition coefficient (Wildman–Crippen LogP) is 5.86. The Morgan fingerprint density at radius 1 is 1.15 bits per heavy atom. The largest absolute Gasteiger partial charge is 0.481 e. The molecule has 0 saturated heterocycles. The summed E-state index contributed by atoms with van der Waals surface area (Å²) in [6.45, 7) is 5.79. The third-order valence-electron chi connectivity index (χ3n) is 4.78. The van der Waals surface area contributed by atoms with Crippen LogP contribution in [0.3, 0.4) is 0 Å². The summed E-state index contributed by atoms with van der Waals surface area (Å²) in [5.41, 5.74) is 1.80. The van der Waals surface area contributed by atoms with Gasteiger partial charge in [0.1, 0.15) is 5.75 Å². The highest BCUT2D eigenvalue weighted by molar-refractivity contribution is 7.99. The van der Waals surface area contributed by atoms with Gasteiger partial charge in [0.05, 0.1) is 16.5 Å². The van der Waals surface area contributed by atoms with Gasteiger partial charge in [-0.2, -0.15) is 0 Å². The molecular weight excluding hydrogens is 478 g/mol. The van der Waals surface area contributed by atoms with Crippen LogP contribution in [0.1, 0.15) is 29.4 Å². The molecule has 0 fully saturated rings. The number of ether oxygens (including phenoxy) is 1. The quantitative estimate of drug-likeness (QED) is 0.305. The fourth-order valence-corrected chi connectivity index (χ4v) is 4.82. The number of carbonyl (C=O) groups excluding carboxylic acids is 1. The number of amides is 1. The van der Waals surface area contributed by atoms with Crippen LogP contribution in [0.2, 0.25) is 5.02 Å². The maximum atomic E-state index is 12.5. The van der Waals surface area contributed by atoms with Gasteiger partial charge in [-0.25, -0.2) is 4.98 Å². The van der Waals surface area contributed by atoms with Crippen molar-refractivity contribution < 1.29 is 9.53 Å². The van der Waals surface area contributed by atoms with Crippen molar-refractivity contribution in [3.05, 3.63) is 76.0 Å². The van der Waals surface area contributed by atoms with E-state index in [9.17, 15) is 4.79 Å². The number of nitrogens with zero attached hydrogens (tertiary/aromatic N) is 4. The zero-order chi connectivity index (χ0) is 23.4. The molecule has 2 aromatic heterocycles. The Balaban J connectivity index is 1.54. The number of rotatable bonds is 8. The number of nitrogens with one attached hydrogen (secondary N) is 1. The summed E-state index contributed by atoms with van der Waals surface area (Å²) in [6.07, 6.45) is -0.429. The van der Waals surface area contributed by atoms with Gasteiger partial charge in [0, 0.05) is 10.6 Å². The van der Waals surface area contributed by atoms with Crippen LogP contribution >= 0.6 is 34.7 Å². The molecule has 0 spiro atoms. The minimum Gasteiger partial charge on any atom is -0.481 e. The molecule has 1 amide bonds. The van der Waals surface area contributed by atoms with Gasteiger partial charge < -0.3 is 10.1 Å². The molecule has 1 atom stereocenters. The first-order chi connectivity index (χ1) is 15.9. The van der Waals surface area contributed by atoms with Crippen molar-refractivity contribution in [3.8, 4) is 11.4 Å². The van der Waals surface area contributed by atoms with Gasteiger partial charge in [0.2, 0.25) is 5.91 Å². The van der Waals surface area contributed by atoms with Gasteiger partial charge in [-0.3, -0.25) is 9.36 Å². The molecule has 4 aromatic rings. The van der Waals surface area contributed by atoms with Crippen molar-refractivity contribution in [3.63, 3.8) is 0 Å². The summed E-state index contributed by atoms with van der Waals surface area (Å²) in [5, 5.41) is 13.3. The number of aromatic nitrogens is 4. The van der Waals surface area contributed by atoms with Crippen molar-refractivity contribution in [2.45, 2.75) is 32.0 Å². The Kier molecular flexibility index (Phi) is 7.32. The van der Waals surface area contributed by atoms with Gasteiger partial charge in [-0.1, -0.05) is 53.7 Å². The van der Waals surface area contributed by atoms with Crippen LogP contribution in [0, 0.1) is 13.8 Å². The minimum absolute atomic E-state index is 0.154. The second kappa shape index (κ2) is 10.4. The van der Waals surface area contributed by atoms with Gasteiger partial charge in [-0.15, -0.1) is 21.5 Å². The van der Waals surface area contributed by atoms with E-state index in [1.54, 1.807) is 6.07 Å². The number of carbonyl (C=O) groups is 1. The first-order valence-corrected chi connectivity index (χ1v) is 12.4. The van der Waals surface area contributed by atoms with E-state index in [1.807, 2.05) is 73.9 Å². The zero-order valence-electron chi connectivity index (χ0n) is 18.3. The molecule has 0 radical (unpaired) electrons. The van der Waals surface area contributed by atoms with Gasteiger partial charge in [0.25, 0.3) is 0 Å². The number of thioether (sulfide) groups is 1. The van der Waals surface area contributed by atoms with E-state index >= 15 is 0 Å². The van der Waals surface area contributed by atoms with E-state index in [0.29, 0.717) is 26.9 Å². The summed E-state index contributed by atoms with van der Waals surface area (Å²) < 4.78 is 7.97. The van der Waals surface area contributed by atoms with Crippen LogP contribution in [0.15, 0.2) is 59.8 Å². The summed E-state index contributed by atoms with van der Waals surface area (Å²) >= 11 is 9.02.